The van der Waals surface area contributed by atoms with Crippen molar-refractivity contribution in [3.05, 3.63) is 11.4 Å². The van der Waals surface area contributed by atoms with E-state index in [1.807, 2.05) is 20.9 Å². The summed E-state index contributed by atoms with van der Waals surface area (Å²) in [5.41, 5.74) is 2.58. The number of anilines is 1. The second-order valence-corrected chi connectivity index (χ2v) is 4.24. The van der Waals surface area contributed by atoms with E-state index >= 15 is 0 Å². The number of aromatic nitrogens is 2. The molecule has 94 valence electrons. The molecule has 2 rings (SSSR count). The number of hydrogen-bond acceptors (Lipinski definition) is 4. The van der Waals surface area contributed by atoms with Gasteiger partial charge in [-0.3, -0.25) is 9.48 Å². The van der Waals surface area contributed by atoms with E-state index in [9.17, 15) is 4.79 Å². The van der Waals surface area contributed by atoms with E-state index in [0.29, 0.717) is 19.8 Å². The van der Waals surface area contributed by atoms with Crippen molar-refractivity contribution in [2.45, 2.75) is 19.9 Å². The van der Waals surface area contributed by atoms with Crippen LogP contribution in [0.3, 0.4) is 0 Å². The average Bonchev–Trinajstić information content (AvgIpc) is 2.57. The molecule has 1 saturated heterocycles. The van der Waals surface area contributed by atoms with Crippen molar-refractivity contribution in [2.75, 3.05) is 25.1 Å². The first-order valence-electron chi connectivity index (χ1n) is 5.72. The van der Waals surface area contributed by atoms with Gasteiger partial charge in [-0.25, -0.2) is 0 Å². The molecule has 1 aliphatic rings. The summed E-state index contributed by atoms with van der Waals surface area (Å²) < 4.78 is 7.02. The van der Waals surface area contributed by atoms with Crippen LogP contribution in [0.2, 0.25) is 0 Å². The van der Waals surface area contributed by atoms with Crippen LogP contribution in [-0.4, -0.2) is 41.5 Å². The van der Waals surface area contributed by atoms with Crippen molar-refractivity contribution < 1.29 is 9.53 Å². The molecule has 1 unspecified atom stereocenters. The Morgan fingerprint density at radius 1 is 1.59 bits per heavy atom. The predicted molar refractivity (Wildman–Crippen MR) is 63.9 cm³/mol. The molecule has 17 heavy (non-hydrogen) atoms. The van der Waals surface area contributed by atoms with Gasteiger partial charge in [0.25, 0.3) is 0 Å². The summed E-state index contributed by atoms with van der Waals surface area (Å²) >= 11 is 0. The largest absolute Gasteiger partial charge is 0.378 e. The molecule has 2 N–H and O–H groups in total. The third-order valence-corrected chi connectivity index (χ3v) is 3.00. The van der Waals surface area contributed by atoms with Gasteiger partial charge >= 0.3 is 0 Å². The number of aryl methyl sites for hydroxylation is 2. The maximum absolute atomic E-state index is 12.0. The smallest absolute Gasteiger partial charge is 0.244 e. The monoisotopic (exact) mass is 238 g/mol. The van der Waals surface area contributed by atoms with Crippen LogP contribution in [-0.2, 0) is 16.6 Å². The first kappa shape index (κ1) is 12.1. The van der Waals surface area contributed by atoms with Gasteiger partial charge in [-0.2, -0.15) is 5.10 Å². The minimum Gasteiger partial charge on any atom is -0.378 e. The number of nitrogens with zero attached hydrogens (tertiary/aromatic N) is 2. The molecule has 0 radical (unpaired) electrons. The lowest BCUT2D eigenvalue weighted by Crippen LogP contribution is -2.48. The fraction of sp³-hybridized carbons (Fsp3) is 0.636. The molecule has 0 bridgehead atoms. The van der Waals surface area contributed by atoms with Crippen molar-refractivity contribution in [1.82, 2.24) is 15.1 Å². The van der Waals surface area contributed by atoms with E-state index in [1.54, 1.807) is 4.68 Å². The van der Waals surface area contributed by atoms with E-state index < -0.39 is 0 Å². The third-order valence-electron chi connectivity index (χ3n) is 3.00. The first-order valence-corrected chi connectivity index (χ1v) is 5.72. The van der Waals surface area contributed by atoms with E-state index in [2.05, 4.69) is 15.7 Å². The van der Waals surface area contributed by atoms with Crippen molar-refractivity contribution in [1.29, 1.82) is 0 Å². The van der Waals surface area contributed by atoms with Gasteiger partial charge in [-0.1, -0.05) is 0 Å². The Kier molecular flexibility index (Phi) is 3.44. The molecular weight excluding hydrogens is 220 g/mol. The number of carbonyl (C=O) groups is 1. The highest BCUT2D eigenvalue weighted by molar-refractivity contribution is 5.96. The molecule has 1 aromatic heterocycles. The summed E-state index contributed by atoms with van der Waals surface area (Å²) in [5.74, 6) is -0.0658. The van der Waals surface area contributed by atoms with Crippen LogP contribution < -0.4 is 10.6 Å². The first-order chi connectivity index (χ1) is 8.09. The molecule has 1 fully saturated rings. The van der Waals surface area contributed by atoms with Crippen LogP contribution in [0.4, 0.5) is 5.69 Å². The highest BCUT2D eigenvalue weighted by Crippen LogP contribution is 2.18. The number of amides is 1. The van der Waals surface area contributed by atoms with Crippen LogP contribution in [0.5, 0.6) is 0 Å². The molecule has 0 aromatic carbocycles. The summed E-state index contributed by atoms with van der Waals surface area (Å²) in [6, 6.07) is -0.275. The number of morpholine rings is 1. The van der Waals surface area contributed by atoms with Crippen molar-refractivity contribution in [3.8, 4) is 0 Å². The maximum atomic E-state index is 12.0. The Morgan fingerprint density at radius 3 is 2.88 bits per heavy atom. The molecule has 6 nitrogen and oxygen atoms in total. The molecule has 0 spiro atoms. The number of hydrogen-bond donors (Lipinski definition) is 2. The van der Waals surface area contributed by atoms with Crippen molar-refractivity contribution in [2.24, 2.45) is 7.05 Å². The lowest BCUT2D eigenvalue weighted by atomic mass is 10.2. The Morgan fingerprint density at radius 2 is 2.35 bits per heavy atom. The standard InChI is InChI=1S/C11H18N4O2/c1-7-10(8(2)15(3)14-7)13-11(16)9-6-17-5-4-12-9/h9,12H,4-6H2,1-3H3,(H,13,16). The lowest BCUT2D eigenvalue weighted by Gasteiger charge is -2.22. The van der Waals surface area contributed by atoms with Gasteiger partial charge in [0.05, 0.1) is 30.3 Å². The van der Waals surface area contributed by atoms with E-state index in [4.69, 9.17) is 4.74 Å². The minimum atomic E-state index is -0.275. The minimum absolute atomic E-state index is 0.0658. The maximum Gasteiger partial charge on any atom is 0.244 e. The fourth-order valence-corrected chi connectivity index (χ4v) is 1.90. The number of carbonyl (C=O) groups excluding carboxylic acids is 1. The second kappa shape index (κ2) is 4.85. The Balaban J connectivity index is 2.07. The lowest BCUT2D eigenvalue weighted by molar-refractivity contribution is -0.120. The van der Waals surface area contributed by atoms with Gasteiger partial charge in [0.1, 0.15) is 6.04 Å². The molecule has 2 heterocycles. The van der Waals surface area contributed by atoms with E-state index in [-0.39, 0.29) is 11.9 Å². The summed E-state index contributed by atoms with van der Waals surface area (Å²) in [7, 11) is 1.86. The fourth-order valence-electron chi connectivity index (χ4n) is 1.90. The molecule has 1 atom stereocenters. The van der Waals surface area contributed by atoms with Gasteiger partial charge in [-0.15, -0.1) is 0 Å². The Hall–Kier alpha value is -1.40. The number of nitrogens with one attached hydrogen (secondary N) is 2. The normalized spacial score (nSPS) is 20.3. The Bertz CT molecular complexity index is 421. The summed E-state index contributed by atoms with van der Waals surface area (Å²) in [6.45, 7) is 5.61. The highest BCUT2D eigenvalue weighted by atomic mass is 16.5. The van der Waals surface area contributed by atoms with E-state index in [1.165, 1.54) is 0 Å². The highest BCUT2D eigenvalue weighted by Gasteiger charge is 2.23. The third kappa shape index (κ3) is 2.48. The van der Waals surface area contributed by atoms with Crippen LogP contribution in [0.15, 0.2) is 0 Å². The number of ether oxygens (including phenoxy) is 1. The van der Waals surface area contributed by atoms with Crippen LogP contribution >= 0.6 is 0 Å². The topological polar surface area (TPSA) is 68.2 Å². The van der Waals surface area contributed by atoms with E-state index in [0.717, 1.165) is 17.1 Å². The van der Waals surface area contributed by atoms with Crippen LogP contribution in [0.25, 0.3) is 0 Å². The number of rotatable bonds is 2. The summed E-state index contributed by atoms with van der Waals surface area (Å²) in [6.07, 6.45) is 0. The van der Waals surface area contributed by atoms with Gasteiger partial charge in [0.2, 0.25) is 5.91 Å². The molecule has 1 amide bonds. The van der Waals surface area contributed by atoms with Gasteiger partial charge in [0.15, 0.2) is 0 Å². The van der Waals surface area contributed by atoms with Crippen LogP contribution in [0.1, 0.15) is 11.4 Å². The molecule has 0 saturated carbocycles. The molecule has 0 aliphatic carbocycles. The molecular formula is C11H18N4O2. The average molecular weight is 238 g/mol. The SMILES string of the molecule is Cc1nn(C)c(C)c1NC(=O)C1COCCN1. The summed E-state index contributed by atoms with van der Waals surface area (Å²) in [5, 5.41) is 10.3. The van der Waals surface area contributed by atoms with Crippen molar-refractivity contribution >= 4 is 11.6 Å². The molecule has 6 heteroatoms. The zero-order valence-electron chi connectivity index (χ0n) is 10.4. The quantitative estimate of drug-likeness (QED) is 0.759. The Labute approximate surface area is 100 Å². The zero-order chi connectivity index (χ0) is 12.4. The molecule has 1 aliphatic heterocycles. The summed E-state index contributed by atoms with van der Waals surface area (Å²) in [4.78, 5) is 12.0. The molecule has 1 aromatic rings. The predicted octanol–water partition coefficient (Wildman–Crippen LogP) is -0.0362. The van der Waals surface area contributed by atoms with Gasteiger partial charge < -0.3 is 15.4 Å². The van der Waals surface area contributed by atoms with Crippen LogP contribution in [0, 0.1) is 13.8 Å². The van der Waals surface area contributed by atoms with Crippen molar-refractivity contribution in [3.63, 3.8) is 0 Å². The second-order valence-electron chi connectivity index (χ2n) is 4.24. The zero-order valence-corrected chi connectivity index (χ0v) is 10.4. The van der Waals surface area contributed by atoms with Gasteiger partial charge in [0, 0.05) is 13.6 Å². The van der Waals surface area contributed by atoms with Gasteiger partial charge in [-0.05, 0) is 13.8 Å².